The molecule has 3 saturated heterocycles. The number of anilines is 1. The Balaban J connectivity index is 0.993. The number of rotatable bonds is 13. The summed E-state index contributed by atoms with van der Waals surface area (Å²) >= 11 is 0. The number of carbonyl (C=O) groups is 4. The van der Waals surface area contributed by atoms with Gasteiger partial charge in [-0.05, 0) is 89.2 Å². The number of aromatic nitrogens is 3. The first-order valence-corrected chi connectivity index (χ1v) is 23.9. The number of ketones is 2. The van der Waals surface area contributed by atoms with E-state index in [0.29, 0.717) is 53.5 Å². The van der Waals surface area contributed by atoms with Gasteiger partial charge in [0, 0.05) is 79.6 Å². The summed E-state index contributed by atoms with van der Waals surface area (Å²) in [6.45, 7) is 10.4. The van der Waals surface area contributed by atoms with Crippen LogP contribution < -0.4 is 14.8 Å². The number of hydrogen-bond donors (Lipinski definition) is 1. The van der Waals surface area contributed by atoms with E-state index in [9.17, 15) is 19.2 Å². The number of amides is 1. The van der Waals surface area contributed by atoms with Crippen molar-refractivity contribution >= 4 is 40.2 Å². The Morgan fingerprint density at radius 2 is 1.73 bits per heavy atom. The van der Waals surface area contributed by atoms with Crippen LogP contribution in [0.25, 0.3) is 16.7 Å². The highest BCUT2D eigenvalue weighted by atomic mass is 16.5. The molecule has 14 nitrogen and oxygen atoms in total. The molecule has 63 heavy (non-hydrogen) atoms. The Labute approximate surface area is 371 Å². The van der Waals surface area contributed by atoms with Gasteiger partial charge < -0.3 is 29.2 Å². The lowest BCUT2D eigenvalue weighted by molar-refractivity contribution is -0.154. The van der Waals surface area contributed by atoms with Crippen LogP contribution in [0.15, 0.2) is 36.5 Å². The van der Waals surface area contributed by atoms with E-state index < -0.39 is 23.5 Å². The molecule has 3 saturated carbocycles. The third-order valence-corrected chi connectivity index (χ3v) is 14.8. The van der Waals surface area contributed by atoms with Crippen LogP contribution in [0.5, 0.6) is 11.5 Å². The lowest BCUT2D eigenvalue weighted by atomic mass is 9.87. The molecule has 1 N–H and O–H groups in total. The van der Waals surface area contributed by atoms with Gasteiger partial charge >= 0.3 is 5.97 Å². The summed E-state index contributed by atoms with van der Waals surface area (Å²) in [7, 11) is 0. The molecule has 0 bridgehead atoms. The van der Waals surface area contributed by atoms with Crippen molar-refractivity contribution in [3.8, 4) is 17.3 Å². The van der Waals surface area contributed by atoms with Crippen molar-refractivity contribution < 1.29 is 38.1 Å². The number of morpholine rings is 1. The predicted octanol–water partition coefficient (Wildman–Crippen LogP) is 6.95. The third kappa shape index (κ3) is 10.2. The molecule has 0 radical (unpaired) electrons. The summed E-state index contributed by atoms with van der Waals surface area (Å²) in [6.07, 6.45) is 11.8. The molecule has 6 aliphatic rings. The summed E-state index contributed by atoms with van der Waals surface area (Å²) in [4.78, 5) is 65.3. The van der Waals surface area contributed by atoms with Crippen LogP contribution in [0.2, 0.25) is 0 Å². The molecule has 14 heteroatoms. The van der Waals surface area contributed by atoms with Gasteiger partial charge in [0.15, 0.2) is 11.6 Å². The molecule has 6 fully saturated rings. The van der Waals surface area contributed by atoms with Crippen molar-refractivity contribution in [1.29, 1.82) is 0 Å². The molecule has 1 unspecified atom stereocenters. The van der Waals surface area contributed by atoms with Crippen LogP contribution in [-0.4, -0.2) is 118 Å². The topological polar surface area (TPSA) is 154 Å². The van der Waals surface area contributed by atoms with E-state index in [2.05, 4.69) is 24.1 Å². The number of Topliss-reactive ketones (excluding diaryl/α,β-unsaturated/α-hetero) is 2. The Morgan fingerprint density at radius 1 is 0.952 bits per heavy atom. The average molecular weight is 867 g/mol. The second-order valence-corrected chi connectivity index (χ2v) is 19.7. The molecule has 3 aromatic rings. The van der Waals surface area contributed by atoms with Crippen molar-refractivity contribution in [1.82, 2.24) is 24.6 Å². The van der Waals surface area contributed by atoms with Gasteiger partial charge in [0.2, 0.25) is 5.91 Å². The number of ether oxygens (including phenoxy) is 4. The van der Waals surface area contributed by atoms with E-state index in [0.717, 1.165) is 96.0 Å². The predicted molar refractivity (Wildman–Crippen MR) is 237 cm³/mol. The van der Waals surface area contributed by atoms with E-state index in [1.54, 1.807) is 16.5 Å². The number of nitrogens with zero attached hydrogens (tertiary/aromatic N) is 5. The zero-order valence-corrected chi connectivity index (χ0v) is 37.4. The quantitative estimate of drug-likeness (QED) is 0.177. The largest absolute Gasteiger partial charge is 0.492 e. The zero-order valence-electron chi connectivity index (χ0n) is 37.4. The van der Waals surface area contributed by atoms with Crippen molar-refractivity contribution in [3.05, 3.63) is 36.5 Å². The van der Waals surface area contributed by atoms with Gasteiger partial charge in [-0.3, -0.25) is 24.1 Å². The van der Waals surface area contributed by atoms with Gasteiger partial charge in [-0.1, -0.05) is 32.1 Å². The highest BCUT2D eigenvalue weighted by molar-refractivity contribution is 5.97. The minimum Gasteiger partial charge on any atom is -0.492 e. The lowest BCUT2D eigenvalue weighted by Crippen LogP contribution is -2.45. The van der Waals surface area contributed by atoms with E-state index in [-0.39, 0.29) is 67.3 Å². The summed E-state index contributed by atoms with van der Waals surface area (Å²) in [6, 6.07) is 8.96. The van der Waals surface area contributed by atoms with E-state index in [1.165, 1.54) is 6.42 Å². The summed E-state index contributed by atoms with van der Waals surface area (Å²) < 4.78 is 26.4. The van der Waals surface area contributed by atoms with Crippen LogP contribution in [0.4, 0.5) is 5.82 Å². The van der Waals surface area contributed by atoms with Gasteiger partial charge in [-0.25, -0.2) is 9.67 Å². The molecule has 0 spiro atoms. The number of pyridine rings is 1. The molecule has 1 aromatic carbocycles. The first-order chi connectivity index (χ1) is 30.5. The fourth-order valence-electron chi connectivity index (χ4n) is 11.0. The smallest absolute Gasteiger partial charge is 0.306 e. The first-order valence-electron chi connectivity index (χ1n) is 23.9. The molecular formula is C49H66N6O8. The second kappa shape index (κ2) is 18.9. The van der Waals surface area contributed by atoms with Crippen molar-refractivity contribution in [3.63, 3.8) is 0 Å². The van der Waals surface area contributed by atoms with Gasteiger partial charge in [0.05, 0.1) is 37.7 Å². The Morgan fingerprint density at radius 3 is 2.51 bits per heavy atom. The Kier molecular flexibility index (Phi) is 13.1. The van der Waals surface area contributed by atoms with E-state index >= 15 is 0 Å². The van der Waals surface area contributed by atoms with Crippen molar-refractivity contribution in [2.45, 2.75) is 135 Å². The third-order valence-electron chi connectivity index (χ3n) is 14.8. The summed E-state index contributed by atoms with van der Waals surface area (Å²) in [5, 5.41) is 8.86. The number of nitrogens with one attached hydrogen (secondary N) is 1. The molecule has 9 rings (SSSR count). The molecular weight excluding hydrogens is 801 g/mol. The molecule has 1 amide bonds. The molecule has 8 atom stereocenters. The van der Waals surface area contributed by atoms with Gasteiger partial charge in [-0.15, -0.1) is 5.10 Å². The fraction of sp³-hybridized carbons (Fsp3) is 0.673. The first kappa shape index (κ1) is 43.7. The number of benzene rings is 1. The van der Waals surface area contributed by atoms with Crippen LogP contribution in [0.3, 0.4) is 0 Å². The molecule has 3 aliphatic heterocycles. The number of esters is 1. The van der Waals surface area contributed by atoms with E-state index in [4.69, 9.17) is 29.0 Å². The van der Waals surface area contributed by atoms with Crippen LogP contribution in [-0.2, 0) is 28.7 Å². The molecule has 340 valence electrons. The highest BCUT2D eigenvalue weighted by Crippen LogP contribution is 2.59. The van der Waals surface area contributed by atoms with E-state index in [1.807, 2.05) is 36.5 Å². The number of carbonyl (C=O) groups excluding carboxylic acids is 4. The minimum absolute atomic E-state index is 0.000212. The van der Waals surface area contributed by atoms with Crippen LogP contribution >= 0.6 is 0 Å². The maximum atomic E-state index is 14.9. The maximum absolute atomic E-state index is 14.9. The zero-order chi connectivity index (χ0) is 43.7. The highest BCUT2D eigenvalue weighted by Gasteiger charge is 2.59. The number of hydrogen-bond acceptors (Lipinski definition) is 12. The van der Waals surface area contributed by atoms with Crippen molar-refractivity contribution in [2.75, 3.05) is 51.3 Å². The molecule has 5 heterocycles. The monoisotopic (exact) mass is 866 g/mol. The molecule has 2 aromatic heterocycles. The minimum atomic E-state index is -0.777. The Hall–Kier alpha value is -4.56. The van der Waals surface area contributed by atoms with Gasteiger partial charge in [-0.2, -0.15) is 0 Å². The summed E-state index contributed by atoms with van der Waals surface area (Å²) in [5.41, 5.74) is -0.0111. The average Bonchev–Trinajstić information content (AvgIpc) is 3.91. The van der Waals surface area contributed by atoms with Crippen LogP contribution in [0.1, 0.15) is 111 Å². The summed E-state index contributed by atoms with van der Waals surface area (Å²) in [5.74, 6) is 2.86. The van der Waals surface area contributed by atoms with Crippen LogP contribution in [0, 0.1) is 29.1 Å². The SMILES string of the molecule is CC(=O)[C@]12CC(=O)[C@@H]3C[C@@H](Oc4cc(-n5ccc(NC(C)C)n5)nc5cc(OCCN6CCOCC6)ccc45)CN3C(=O)[C@@H](CC(=O)OC3C[C@@H]4C[C@@H]4C3)CCCCCCC[C@@H]1C2. The fourth-order valence-corrected chi connectivity index (χ4v) is 11.0. The van der Waals surface area contributed by atoms with Gasteiger partial charge in [0.1, 0.15) is 41.9 Å². The van der Waals surface area contributed by atoms with Crippen molar-refractivity contribution in [2.24, 2.45) is 29.1 Å². The standard InChI is InChI=1S/C49H66N6O8/c1-31(2)50-45-13-14-55(52-45)46-27-44(40-12-11-37(25-41(40)51-46)61-20-17-53-15-18-60-19-16-53)62-39-26-42-43(57)29-49(32(3)56)28-36(49)10-8-6-4-5-7-9-33(48(59)54(42)30-39)24-47(58)63-38-22-34-21-35(34)23-38/h11-14,25,27,31,33-36,38-39,42H,4-10,15-24,26,28-30H2,1-3H3,(H,50,52)/t33-,34-,35+,36-,38?,39-,42+,49+/m1/s1. The maximum Gasteiger partial charge on any atom is 0.306 e. The molecule has 3 aliphatic carbocycles. The number of fused-ring (bicyclic) bond motifs is 4. The Bertz CT molecular complexity index is 2140. The lowest BCUT2D eigenvalue weighted by Gasteiger charge is -2.29. The van der Waals surface area contributed by atoms with Gasteiger partial charge in [0.25, 0.3) is 0 Å². The second-order valence-electron chi connectivity index (χ2n) is 19.7. The normalized spacial score (nSPS) is 30.2.